The summed E-state index contributed by atoms with van der Waals surface area (Å²) in [5.74, 6) is -0.408. The molecule has 0 bridgehead atoms. The number of amides is 1. The number of rotatable bonds is 5. The molecule has 5 nitrogen and oxygen atoms in total. The van der Waals surface area contributed by atoms with E-state index in [1.165, 1.54) is 6.21 Å². The highest BCUT2D eigenvalue weighted by Gasteiger charge is 2.14. The molecular weight excluding hydrogens is 400 g/mol. The molecule has 0 aliphatic carbocycles. The third-order valence-corrected chi connectivity index (χ3v) is 5.03. The number of nitrogens with one attached hydrogen (secondary N) is 1. The van der Waals surface area contributed by atoms with Gasteiger partial charge in [-0.3, -0.25) is 4.79 Å². The largest absolute Gasteiger partial charge is 0.422 e. The van der Waals surface area contributed by atoms with Crippen LogP contribution in [0.15, 0.2) is 90.0 Å². The molecule has 0 radical (unpaired) electrons. The summed E-state index contributed by atoms with van der Waals surface area (Å²) in [6.07, 6.45) is 1.51. The molecular formula is C27H22N2O3. The topological polar surface area (TPSA) is 67.8 Å². The minimum atomic E-state index is -0.456. The number of esters is 1. The first-order valence-electron chi connectivity index (χ1n) is 10.2. The molecule has 0 fully saturated rings. The number of ether oxygens (including phenoxy) is 1. The Morgan fingerprint density at radius 3 is 2.25 bits per heavy atom. The van der Waals surface area contributed by atoms with Gasteiger partial charge in [-0.25, -0.2) is 10.2 Å². The van der Waals surface area contributed by atoms with Crippen LogP contribution >= 0.6 is 0 Å². The molecule has 0 spiro atoms. The van der Waals surface area contributed by atoms with Crippen LogP contribution in [0.25, 0.3) is 10.8 Å². The lowest BCUT2D eigenvalue weighted by Gasteiger charge is -2.11. The molecule has 158 valence electrons. The summed E-state index contributed by atoms with van der Waals surface area (Å²) < 4.78 is 5.71. The second kappa shape index (κ2) is 9.27. The molecule has 0 saturated carbocycles. The van der Waals surface area contributed by atoms with Gasteiger partial charge in [-0.05, 0) is 55.0 Å². The Morgan fingerprint density at radius 1 is 0.812 bits per heavy atom. The standard InChI is InChI=1S/C27H22N2O3/c1-18-7-5-10-21(15-18)26(30)29-28-17-24-23-12-4-3-9-20(23)13-14-25(24)32-27(31)22-11-6-8-19(2)16-22/h3-17H,1-2H3,(H,29,30)/b28-17-. The van der Waals surface area contributed by atoms with Crippen molar-refractivity contribution in [2.24, 2.45) is 5.10 Å². The van der Waals surface area contributed by atoms with Crippen LogP contribution in [0, 0.1) is 13.8 Å². The minimum Gasteiger partial charge on any atom is -0.422 e. The third kappa shape index (κ3) is 4.73. The van der Waals surface area contributed by atoms with Gasteiger partial charge in [0, 0.05) is 11.1 Å². The van der Waals surface area contributed by atoms with Crippen LogP contribution in [0.4, 0.5) is 0 Å². The van der Waals surface area contributed by atoms with Gasteiger partial charge in [-0.15, -0.1) is 0 Å². The summed E-state index contributed by atoms with van der Waals surface area (Å²) in [5, 5.41) is 5.96. The van der Waals surface area contributed by atoms with E-state index in [0.717, 1.165) is 21.9 Å². The lowest BCUT2D eigenvalue weighted by molar-refractivity contribution is 0.0734. The van der Waals surface area contributed by atoms with E-state index in [0.29, 0.717) is 22.4 Å². The molecule has 0 atom stereocenters. The highest BCUT2D eigenvalue weighted by atomic mass is 16.5. The molecule has 4 rings (SSSR count). The summed E-state index contributed by atoms with van der Waals surface area (Å²) in [5.41, 5.74) is 6.10. The van der Waals surface area contributed by atoms with Gasteiger partial charge in [0.25, 0.3) is 5.91 Å². The van der Waals surface area contributed by atoms with Crippen LogP contribution < -0.4 is 10.2 Å². The van der Waals surface area contributed by atoms with E-state index in [-0.39, 0.29) is 5.91 Å². The maximum atomic E-state index is 12.7. The predicted molar refractivity (Wildman–Crippen MR) is 126 cm³/mol. The van der Waals surface area contributed by atoms with E-state index in [1.807, 2.05) is 68.4 Å². The number of hydrogen-bond acceptors (Lipinski definition) is 4. The quantitative estimate of drug-likeness (QED) is 0.202. The molecule has 0 saturated heterocycles. The van der Waals surface area contributed by atoms with Crippen molar-refractivity contribution in [2.45, 2.75) is 13.8 Å². The van der Waals surface area contributed by atoms with Gasteiger partial charge in [0.2, 0.25) is 0 Å². The molecule has 1 N–H and O–H groups in total. The predicted octanol–water partition coefficient (Wildman–Crippen LogP) is 5.44. The summed E-state index contributed by atoms with van der Waals surface area (Å²) in [4.78, 5) is 25.1. The van der Waals surface area contributed by atoms with Gasteiger partial charge >= 0.3 is 5.97 Å². The zero-order chi connectivity index (χ0) is 22.5. The van der Waals surface area contributed by atoms with Crippen LogP contribution in [0.5, 0.6) is 5.75 Å². The van der Waals surface area contributed by atoms with Gasteiger partial charge in [0.1, 0.15) is 5.75 Å². The highest BCUT2D eigenvalue weighted by molar-refractivity contribution is 6.04. The van der Waals surface area contributed by atoms with Crippen molar-refractivity contribution in [3.63, 3.8) is 0 Å². The lowest BCUT2D eigenvalue weighted by Crippen LogP contribution is -2.18. The van der Waals surface area contributed by atoms with Gasteiger partial charge in [0.05, 0.1) is 11.8 Å². The van der Waals surface area contributed by atoms with Crippen LogP contribution in [-0.4, -0.2) is 18.1 Å². The number of hydrazone groups is 1. The van der Waals surface area contributed by atoms with E-state index in [4.69, 9.17) is 4.74 Å². The lowest BCUT2D eigenvalue weighted by atomic mass is 10.0. The zero-order valence-electron chi connectivity index (χ0n) is 17.8. The second-order valence-electron chi connectivity index (χ2n) is 7.53. The van der Waals surface area contributed by atoms with E-state index in [2.05, 4.69) is 10.5 Å². The number of nitrogens with zero attached hydrogens (tertiary/aromatic N) is 1. The average Bonchev–Trinajstić information content (AvgIpc) is 2.80. The first-order valence-corrected chi connectivity index (χ1v) is 10.2. The Labute approximate surface area is 186 Å². The second-order valence-corrected chi connectivity index (χ2v) is 7.53. The Bertz CT molecular complexity index is 1340. The van der Waals surface area contributed by atoms with E-state index in [9.17, 15) is 9.59 Å². The fourth-order valence-corrected chi connectivity index (χ4v) is 3.43. The zero-order valence-corrected chi connectivity index (χ0v) is 17.8. The van der Waals surface area contributed by atoms with Crippen molar-refractivity contribution in [1.82, 2.24) is 5.43 Å². The van der Waals surface area contributed by atoms with Gasteiger partial charge in [-0.2, -0.15) is 5.10 Å². The Balaban J connectivity index is 1.63. The molecule has 32 heavy (non-hydrogen) atoms. The van der Waals surface area contributed by atoms with E-state index >= 15 is 0 Å². The number of hydrogen-bond donors (Lipinski definition) is 1. The number of carbonyl (C=O) groups is 2. The molecule has 0 aromatic heterocycles. The number of fused-ring (bicyclic) bond motifs is 1. The normalized spacial score (nSPS) is 10.9. The van der Waals surface area contributed by atoms with Crippen LogP contribution in [0.1, 0.15) is 37.4 Å². The Morgan fingerprint density at radius 2 is 1.50 bits per heavy atom. The van der Waals surface area contributed by atoms with Gasteiger partial charge in [-0.1, -0.05) is 65.7 Å². The fraction of sp³-hybridized carbons (Fsp3) is 0.0741. The average molecular weight is 422 g/mol. The van der Waals surface area contributed by atoms with Crippen molar-refractivity contribution in [3.8, 4) is 5.75 Å². The minimum absolute atomic E-state index is 0.316. The monoisotopic (exact) mass is 422 g/mol. The molecule has 5 heteroatoms. The van der Waals surface area contributed by atoms with E-state index < -0.39 is 5.97 Å². The van der Waals surface area contributed by atoms with Crippen molar-refractivity contribution in [3.05, 3.63) is 113 Å². The smallest absolute Gasteiger partial charge is 0.343 e. The fourth-order valence-electron chi connectivity index (χ4n) is 3.43. The van der Waals surface area contributed by atoms with Crippen LogP contribution in [0.2, 0.25) is 0 Å². The van der Waals surface area contributed by atoms with Crippen LogP contribution in [0.3, 0.4) is 0 Å². The molecule has 4 aromatic carbocycles. The van der Waals surface area contributed by atoms with Crippen molar-refractivity contribution < 1.29 is 14.3 Å². The number of benzene rings is 4. The molecule has 0 aliphatic heterocycles. The SMILES string of the molecule is Cc1cccc(C(=O)N/N=C\c2c(OC(=O)c3cccc(C)c3)ccc3ccccc23)c1. The molecule has 0 heterocycles. The highest BCUT2D eigenvalue weighted by Crippen LogP contribution is 2.27. The van der Waals surface area contributed by atoms with Gasteiger partial charge < -0.3 is 4.74 Å². The summed E-state index contributed by atoms with van der Waals surface area (Å²) in [6, 6.07) is 25.8. The first kappa shape index (κ1) is 21.0. The maximum Gasteiger partial charge on any atom is 0.343 e. The van der Waals surface area contributed by atoms with Crippen molar-refractivity contribution >= 4 is 28.9 Å². The first-order chi connectivity index (χ1) is 15.5. The maximum absolute atomic E-state index is 12.7. The number of aryl methyl sites for hydroxylation is 2. The van der Waals surface area contributed by atoms with Gasteiger partial charge in [0.15, 0.2) is 0 Å². The summed E-state index contributed by atoms with van der Waals surface area (Å²) in [6.45, 7) is 3.84. The van der Waals surface area contributed by atoms with Crippen LogP contribution in [-0.2, 0) is 0 Å². The van der Waals surface area contributed by atoms with E-state index in [1.54, 1.807) is 30.3 Å². The molecule has 0 aliphatic rings. The summed E-state index contributed by atoms with van der Waals surface area (Å²) in [7, 11) is 0. The third-order valence-electron chi connectivity index (χ3n) is 5.03. The Hall–Kier alpha value is -4.25. The van der Waals surface area contributed by atoms with Crippen molar-refractivity contribution in [2.75, 3.05) is 0 Å². The summed E-state index contributed by atoms with van der Waals surface area (Å²) >= 11 is 0. The molecule has 4 aromatic rings. The number of carbonyl (C=O) groups excluding carboxylic acids is 2. The molecule has 1 amide bonds. The molecule has 0 unspecified atom stereocenters. The Kier molecular flexibility index (Phi) is 6.08. The van der Waals surface area contributed by atoms with Crippen molar-refractivity contribution in [1.29, 1.82) is 0 Å².